The van der Waals surface area contributed by atoms with E-state index in [2.05, 4.69) is 10.6 Å². The van der Waals surface area contributed by atoms with Gasteiger partial charge in [0.05, 0.1) is 19.0 Å². The van der Waals surface area contributed by atoms with Crippen molar-refractivity contribution in [1.82, 2.24) is 20.4 Å². The van der Waals surface area contributed by atoms with E-state index in [4.69, 9.17) is 14.1 Å². The van der Waals surface area contributed by atoms with Crippen molar-refractivity contribution in [2.24, 2.45) is 11.3 Å². The number of ether oxygens (including phenoxy) is 2. The van der Waals surface area contributed by atoms with Crippen molar-refractivity contribution in [1.29, 1.82) is 0 Å². The molecule has 4 aliphatic rings. The van der Waals surface area contributed by atoms with Gasteiger partial charge in [-0.15, -0.1) is 0 Å². The Balaban J connectivity index is 1.34. The minimum atomic E-state index is -1.21. The number of amides is 4. The molecule has 12 nitrogen and oxygen atoms in total. The Morgan fingerprint density at radius 3 is 2.51 bits per heavy atom. The predicted molar refractivity (Wildman–Crippen MR) is 170 cm³/mol. The molecule has 2 saturated heterocycles. The van der Waals surface area contributed by atoms with E-state index in [0.29, 0.717) is 24.2 Å². The number of nitrogens with one attached hydrogen (secondary N) is 2. The predicted octanol–water partition coefficient (Wildman–Crippen LogP) is 3.67. The van der Waals surface area contributed by atoms with Crippen molar-refractivity contribution in [3.05, 3.63) is 35.1 Å². The van der Waals surface area contributed by atoms with Crippen molar-refractivity contribution in [3.63, 3.8) is 0 Å². The monoisotopic (exact) mass is 658 g/mol. The molecular weight excluding hydrogens is 610 g/mol. The average molecular weight is 659 g/mol. The third kappa shape index (κ3) is 8.20. The molecule has 47 heavy (non-hydrogen) atoms. The second-order valence-corrected chi connectivity index (χ2v) is 14.3. The summed E-state index contributed by atoms with van der Waals surface area (Å²) in [5.74, 6) is -2.15. The first-order valence-electron chi connectivity index (χ1n) is 16.9. The highest BCUT2D eigenvalue weighted by molar-refractivity contribution is 6.45. The Bertz CT molecular complexity index is 1320. The fourth-order valence-electron chi connectivity index (χ4n) is 7.20. The van der Waals surface area contributed by atoms with Crippen molar-refractivity contribution < 1.29 is 42.7 Å². The zero-order chi connectivity index (χ0) is 33.9. The van der Waals surface area contributed by atoms with Crippen molar-refractivity contribution in [3.8, 4) is 0 Å². The number of hydrogen-bond donors (Lipinski definition) is 3. The van der Waals surface area contributed by atoms with Gasteiger partial charge in [-0.25, -0.2) is 14.0 Å². The van der Waals surface area contributed by atoms with Gasteiger partial charge in [-0.1, -0.05) is 46.2 Å². The first-order chi connectivity index (χ1) is 22.3. The van der Waals surface area contributed by atoms with Gasteiger partial charge in [0.1, 0.15) is 30.1 Å². The van der Waals surface area contributed by atoms with Crippen LogP contribution in [0.3, 0.4) is 0 Å². The van der Waals surface area contributed by atoms with Crippen LogP contribution < -0.4 is 10.6 Å². The molecule has 3 N–H and O–H groups in total. The van der Waals surface area contributed by atoms with Crippen LogP contribution in [-0.2, 0) is 36.8 Å². The lowest BCUT2D eigenvalue weighted by Gasteiger charge is -2.36. The smallest absolute Gasteiger partial charge is 0.446 e. The quantitative estimate of drug-likeness (QED) is 0.377. The normalized spacial score (nSPS) is 25.6. The van der Waals surface area contributed by atoms with Crippen LogP contribution >= 0.6 is 0 Å². The highest BCUT2D eigenvalue weighted by atomic mass is 19.1. The van der Waals surface area contributed by atoms with Gasteiger partial charge >= 0.3 is 19.3 Å². The first-order valence-corrected chi connectivity index (χ1v) is 16.9. The molecule has 5 atom stereocenters. The highest BCUT2D eigenvalue weighted by Crippen LogP contribution is 2.31. The highest BCUT2D eigenvalue weighted by Gasteiger charge is 2.48. The summed E-state index contributed by atoms with van der Waals surface area (Å²) in [7, 11) is -1.21. The number of benzene rings is 1. The molecule has 258 valence electrons. The molecule has 0 radical (unpaired) electrons. The van der Waals surface area contributed by atoms with Gasteiger partial charge in [0.15, 0.2) is 0 Å². The van der Waals surface area contributed by atoms with Gasteiger partial charge in [0.25, 0.3) is 0 Å². The van der Waals surface area contributed by atoms with E-state index in [1.165, 1.54) is 15.9 Å². The van der Waals surface area contributed by atoms with Crippen LogP contribution in [-0.4, -0.2) is 89.3 Å². The zero-order valence-electron chi connectivity index (χ0n) is 27.8. The number of fused-ring (bicyclic) bond motifs is 1. The summed E-state index contributed by atoms with van der Waals surface area (Å²) < 4.78 is 31.3. The molecule has 3 aliphatic heterocycles. The van der Waals surface area contributed by atoms with E-state index in [-0.39, 0.29) is 38.1 Å². The van der Waals surface area contributed by atoms with Crippen LogP contribution in [0.25, 0.3) is 0 Å². The number of nitrogens with zero attached hydrogens (tertiary/aromatic N) is 2. The van der Waals surface area contributed by atoms with E-state index in [9.17, 15) is 28.6 Å². The molecule has 1 aromatic carbocycles. The summed E-state index contributed by atoms with van der Waals surface area (Å²) in [5.41, 5.74) is 0.370. The van der Waals surface area contributed by atoms with E-state index in [1.54, 1.807) is 12.1 Å². The summed E-state index contributed by atoms with van der Waals surface area (Å²) in [6.07, 6.45) is 3.27. The lowest BCUT2D eigenvalue weighted by molar-refractivity contribution is -0.142. The van der Waals surface area contributed by atoms with E-state index in [0.717, 1.165) is 38.5 Å². The minimum absolute atomic E-state index is 0.00229. The van der Waals surface area contributed by atoms with Crippen LogP contribution in [0.15, 0.2) is 18.2 Å². The maximum absolute atomic E-state index is 14.4. The van der Waals surface area contributed by atoms with Crippen molar-refractivity contribution in [2.45, 2.75) is 122 Å². The topological polar surface area (TPSA) is 147 Å². The molecule has 1 saturated carbocycles. The molecule has 0 spiro atoms. The van der Waals surface area contributed by atoms with Gasteiger partial charge < -0.3 is 34.7 Å². The fraction of sp³-hybridized carbons (Fsp3) is 0.697. The Morgan fingerprint density at radius 2 is 1.83 bits per heavy atom. The summed E-state index contributed by atoms with van der Waals surface area (Å²) >= 11 is 0. The summed E-state index contributed by atoms with van der Waals surface area (Å²) in [5, 5.41) is 16.4. The van der Waals surface area contributed by atoms with Gasteiger partial charge in [-0.3, -0.25) is 14.5 Å². The lowest BCUT2D eigenvalue weighted by Crippen LogP contribution is -2.60. The average Bonchev–Trinajstić information content (AvgIpc) is 3.76. The van der Waals surface area contributed by atoms with Gasteiger partial charge in [0, 0.05) is 25.1 Å². The molecule has 2 unspecified atom stereocenters. The Labute approximate surface area is 276 Å². The molecule has 1 aliphatic carbocycles. The second-order valence-electron chi connectivity index (χ2n) is 14.3. The Hall–Kier alpha value is -3.39. The molecule has 5 rings (SSSR count). The third-order valence-corrected chi connectivity index (χ3v) is 9.91. The standard InChI is InChI=1S/C33H48BFN4O8/c1-5-20-11-9-15-45-34(44)28(20)37-29(40)26-16-23(47-32(43)38-17-21-10-8-14-25(35)24(21)19-38)18-39(26)30(41)27(33(2,3)4)36-31(42)46-22-12-6-7-13-22/h8,10,14,20,22-23,26-28,44H,5-7,9,11-13,15-19H2,1-4H3,(H,36,42)(H,37,40)/t20?,23-,26+,27-,28?/m1/s1. The maximum atomic E-state index is 14.4. The summed E-state index contributed by atoms with van der Waals surface area (Å²) in [4.78, 5) is 57.2. The van der Waals surface area contributed by atoms with Gasteiger partial charge in [-0.2, -0.15) is 0 Å². The number of likely N-dealkylation sites (tertiary alicyclic amines) is 1. The summed E-state index contributed by atoms with van der Waals surface area (Å²) in [6.45, 7) is 7.92. The maximum Gasteiger partial charge on any atom is 0.478 e. The number of rotatable bonds is 7. The number of hydrogen-bond acceptors (Lipinski definition) is 8. The van der Waals surface area contributed by atoms with Crippen LogP contribution in [0, 0.1) is 17.2 Å². The SMILES string of the molecule is CCC1CCCOB(O)C1NC(=O)[C@@H]1C[C@@H](OC(=O)N2Cc3cccc(F)c3C2)CN1C(=O)[C@@H](NC(=O)OC1CCCC1)C(C)(C)C. The number of alkyl carbamates (subject to hydrolysis) is 1. The van der Waals surface area contributed by atoms with Crippen LogP contribution in [0.4, 0.5) is 14.0 Å². The molecule has 0 aromatic heterocycles. The third-order valence-electron chi connectivity index (χ3n) is 9.91. The second kappa shape index (κ2) is 14.8. The largest absolute Gasteiger partial charge is 0.478 e. The number of carbonyl (C=O) groups is 4. The minimum Gasteiger partial charge on any atom is -0.446 e. The van der Waals surface area contributed by atoms with Crippen LogP contribution in [0.2, 0.25) is 0 Å². The first kappa shape index (κ1) is 34.9. The van der Waals surface area contributed by atoms with E-state index < -0.39 is 66.5 Å². The Morgan fingerprint density at radius 1 is 1.09 bits per heavy atom. The van der Waals surface area contributed by atoms with Crippen molar-refractivity contribution in [2.75, 3.05) is 13.2 Å². The fourth-order valence-corrected chi connectivity index (χ4v) is 7.20. The molecule has 4 amide bonds. The van der Waals surface area contributed by atoms with Gasteiger partial charge in [-0.05, 0) is 61.5 Å². The zero-order valence-corrected chi connectivity index (χ0v) is 27.8. The Kier molecular flexibility index (Phi) is 11.0. The van der Waals surface area contributed by atoms with Crippen molar-refractivity contribution >= 4 is 31.1 Å². The van der Waals surface area contributed by atoms with Crippen LogP contribution in [0.1, 0.15) is 90.2 Å². The molecule has 3 fully saturated rings. The number of halogens is 1. The molecular formula is C33H48BFN4O8. The van der Waals surface area contributed by atoms with E-state index in [1.807, 2.05) is 27.7 Å². The number of carbonyl (C=O) groups excluding carboxylic acids is 4. The van der Waals surface area contributed by atoms with Crippen LogP contribution in [0.5, 0.6) is 0 Å². The van der Waals surface area contributed by atoms with E-state index >= 15 is 0 Å². The molecule has 1 aromatic rings. The lowest BCUT2D eigenvalue weighted by atomic mass is 9.69. The van der Waals surface area contributed by atoms with Gasteiger partial charge in [0.2, 0.25) is 11.8 Å². The molecule has 3 heterocycles. The molecule has 0 bridgehead atoms. The summed E-state index contributed by atoms with van der Waals surface area (Å²) in [6, 6.07) is 2.59. The molecule has 14 heteroatoms.